The summed E-state index contributed by atoms with van der Waals surface area (Å²) in [7, 11) is 1.61. The van der Waals surface area contributed by atoms with E-state index in [1.54, 1.807) is 18.0 Å². The minimum atomic E-state index is -0.158. The van der Waals surface area contributed by atoms with Gasteiger partial charge >= 0.3 is 0 Å². The Hall–Kier alpha value is -3.84. The van der Waals surface area contributed by atoms with Gasteiger partial charge in [-0.05, 0) is 50.6 Å². The van der Waals surface area contributed by atoms with E-state index in [2.05, 4.69) is 4.98 Å². The van der Waals surface area contributed by atoms with Crippen molar-refractivity contribution in [1.82, 2.24) is 14.5 Å². The van der Waals surface area contributed by atoms with Gasteiger partial charge in [-0.15, -0.1) is 11.3 Å². The first-order chi connectivity index (χ1) is 15.9. The summed E-state index contributed by atoms with van der Waals surface area (Å²) in [6.45, 7) is 5.36. The van der Waals surface area contributed by atoms with Gasteiger partial charge in [-0.1, -0.05) is 29.8 Å². The van der Waals surface area contributed by atoms with Crippen molar-refractivity contribution in [2.24, 2.45) is 0 Å². The number of nitrogens with zero attached hydrogens (tertiary/aromatic N) is 3. The van der Waals surface area contributed by atoms with Gasteiger partial charge in [0.15, 0.2) is 5.78 Å². The van der Waals surface area contributed by atoms with E-state index < -0.39 is 0 Å². The van der Waals surface area contributed by atoms with Crippen LogP contribution in [-0.4, -0.2) is 27.4 Å². The monoisotopic (exact) mass is 455 g/mol. The first-order valence-corrected chi connectivity index (χ1v) is 11.3. The fourth-order valence-corrected chi connectivity index (χ4v) is 5.25. The van der Waals surface area contributed by atoms with Crippen molar-refractivity contribution >= 4 is 37.6 Å². The summed E-state index contributed by atoms with van der Waals surface area (Å²) in [6, 6.07) is 15.3. The zero-order valence-electron chi connectivity index (χ0n) is 18.7. The number of thiophene rings is 1. The van der Waals surface area contributed by atoms with Gasteiger partial charge in [0.2, 0.25) is 0 Å². The Morgan fingerprint density at radius 1 is 1.03 bits per heavy atom. The van der Waals surface area contributed by atoms with Gasteiger partial charge in [-0.3, -0.25) is 14.2 Å². The highest BCUT2D eigenvalue weighted by Crippen LogP contribution is 2.40. The predicted molar refractivity (Wildman–Crippen MR) is 132 cm³/mol. The number of carbonyl (C=O) groups is 1. The quantitative estimate of drug-likeness (QED) is 0.335. The molecule has 5 rings (SSSR count). The summed E-state index contributed by atoms with van der Waals surface area (Å²) >= 11 is 1.31. The summed E-state index contributed by atoms with van der Waals surface area (Å²) in [5.74, 6) is 0.638. The lowest BCUT2D eigenvalue weighted by Crippen LogP contribution is -2.17. The zero-order chi connectivity index (χ0) is 23.3. The second kappa shape index (κ2) is 7.94. The van der Waals surface area contributed by atoms with Crippen LogP contribution >= 0.6 is 11.3 Å². The van der Waals surface area contributed by atoms with Crippen molar-refractivity contribution in [3.05, 3.63) is 82.0 Å². The van der Waals surface area contributed by atoms with Gasteiger partial charge in [0, 0.05) is 16.5 Å². The van der Waals surface area contributed by atoms with Crippen LogP contribution in [0.5, 0.6) is 5.75 Å². The zero-order valence-corrected chi connectivity index (χ0v) is 19.5. The van der Waals surface area contributed by atoms with Gasteiger partial charge in [-0.25, -0.2) is 9.97 Å². The smallest absolute Gasteiger partial charge is 0.275 e. The van der Waals surface area contributed by atoms with Crippen LogP contribution in [0.4, 0.5) is 0 Å². The van der Waals surface area contributed by atoms with Gasteiger partial charge < -0.3 is 4.74 Å². The maximum absolute atomic E-state index is 13.4. The molecule has 164 valence electrons. The molecule has 2 aromatic carbocycles. The molecule has 6 nitrogen and oxygen atoms in total. The third-order valence-electron chi connectivity index (χ3n) is 5.75. The van der Waals surface area contributed by atoms with Crippen LogP contribution in [-0.2, 0) is 0 Å². The number of carbonyl (C=O) groups excluding carboxylic acids is 1. The van der Waals surface area contributed by atoms with E-state index in [9.17, 15) is 9.59 Å². The number of aromatic nitrogens is 3. The highest BCUT2D eigenvalue weighted by Gasteiger charge is 2.23. The number of benzene rings is 2. The Morgan fingerprint density at radius 2 is 1.73 bits per heavy atom. The van der Waals surface area contributed by atoms with Crippen LogP contribution in [0.25, 0.3) is 37.2 Å². The second-order valence-electron chi connectivity index (χ2n) is 7.95. The van der Waals surface area contributed by atoms with Crippen molar-refractivity contribution in [1.29, 1.82) is 0 Å². The molecule has 0 radical (unpaired) electrons. The van der Waals surface area contributed by atoms with Crippen molar-refractivity contribution in [3.63, 3.8) is 0 Å². The Bertz CT molecular complexity index is 1600. The molecule has 0 spiro atoms. The summed E-state index contributed by atoms with van der Waals surface area (Å²) in [5.41, 5.74) is 5.03. The van der Waals surface area contributed by atoms with Crippen LogP contribution in [0.1, 0.15) is 28.5 Å². The molecule has 0 aliphatic rings. The molecule has 0 aliphatic heterocycles. The lowest BCUT2D eigenvalue weighted by atomic mass is 9.93. The lowest BCUT2D eigenvalue weighted by Gasteiger charge is -2.13. The number of hydrogen-bond donors (Lipinski definition) is 0. The SMILES string of the molecule is COc1ccc(-c2c(C(C)=O)c(C)nc3sc4c(=O)n(-c5ccc(C)cc5)cnc4c23)cc1. The number of hydrogen-bond acceptors (Lipinski definition) is 6. The minimum Gasteiger partial charge on any atom is -0.497 e. The number of Topliss-reactive ketones (excluding diaryl/α,β-unsaturated/α-hetero) is 1. The van der Waals surface area contributed by atoms with Crippen LogP contribution < -0.4 is 10.3 Å². The summed E-state index contributed by atoms with van der Waals surface area (Å²) in [4.78, 5) is 36.2. The number of rotatable bonds is 4. The third kappa shape index (κ3) is 3.41. The van der Waals surface area contributed by atoms with Gasteiger partial charge in [0.1, 0.15) is 21.6 Å². The van der Waals surface area contributed by atoms with E-state index in [0.29, 0.717) is 26.3 Å². The van der Waals surface area contributed by atoms with E-state index >= 15 is 0 Å². The Morgan fingerprint density at radius 3 is 2.36 bits per heavy atom. The fraction of sp³-hybridized carbons (Fsp3) is 0.154. The van der Waals surface area contributed by atoms with Crippen molar-refractivity contribution < 1.29 is 9.53 Å². The maximum Gasteiger partial charge on any atom is 0.275 e. The number of fused-ring (bicyclic) bond motifs is 3. The predicted octanol–water partition coefficient (Wildman–Crippen LogP) is 5.49. The highest BCUT2D eigenvalue weighted by molar-refractivity contribution is 7.25. The summed E-state index contributed by atoms with van der Waals surface area (Å²) in [5, 5.41) is 0.726. The lowest BCUT2D eigenvalue weighted by molar-refractivity contribution is 0.101. The molecule has 3 aromatic heterocycles. The number of ether oxygens (including phenoxy) is 1. The van der Waals surface area contributed by atoms with E-state index in [1.807, 2.05) is 62.4 Å². The van der Waals surface area contributed by atoms with Crippen molar-refractivity contribution in [2.75, 3.05) is 7.11 Å². The molecule has 0 atom stereocenters. The number of aryl methyl sites for hydroxylation is 2. The first-order valence-electron chi connectivity index (χ1n) is 10.5. The average Bonchev–Trinajstić information content (AvgIpc) is 3.18. The average molecular weight is 456 g/mol. The van der Waals surface area contributed by atoms with E-state index in [4.69, 9.17) is 9.72 Å². The summed E-state index contributed by atoms with van der Waals surface area (Å²) < 4.78 is 7.35. The molecular formula is C26H21N3O3S. The molecule has 33 heavy (non-hydrogen) atoms. The molecule has 7 heteroatoms. The molecule has 3 heterocycles. The van der Waals surface area contributed by atoms with Gasteiger partial charge in [0.25, 0.3) is 5.56 Å². The molecule has 0 bridgehead atoms. The fourth-order valence-electron chi connectivity index (χ4n) is 4.14. The Balaban J connectivity index is 1.86. The van der Waals surface area contributed by atoms with Crippen LogP contribution in [0, 0.1) is 13.8 Å². The van der Waals surface area contributed by atoms with Crippen LogP contribution in [0.3, 0.4) is 0 Å². The normalized spacial score (nSPS) is 11.3. The molecule has 0 saturated carbocycles. The molecular weight excluding hydrogens is 434 g/mol. The largest absolute Gasteiger partial charge is 0.497 e. The number of pyridine rings is 1. The summed E-state index contributed by atoms with van der Waals surface area (Å²) in [6.07, 6.45) is 1.55. The van der Waals surface area contributed by atoms with E-state index in [1.165, 1.54) is 18.3 Å². The Kier molecular flexibility index (Phi) is 5.06. The molecule has 0 amide bonds. The standard InChI is InChI=1S/C26H21N3O3S/c1-14-5-9-18(10-6-14)29-13-27-23-22-21(17-7-11-19(32-4)12-8-17)20(16(3)30)15(2)28-25(22)33-24(23)26(29)31/h5-13H,1-4H3. The number of methoxy groups -OCH3 is 1. The van der Waals surface area contributed by atoms with E-state index in [0.717, 1.165) is 33.5 Å². The molecule has 0 aliphatic carbocycles. The molecule has 5 aromatic rings. The van der Waals surface area contributed by atoms with Crippen molar-refractivity contribution in [3.8, 4) is 22.6 Å². The van der Waals surface area contributed by atoms with Crippen molar-refractivity contribution in [2.45, 2.75) is 20.8 Å². The molecule has 0 N–H and O–H groups in total. The van der Waals surface area contributed by atoms with Gasteiger partial charge in [-0.2, -0.15) is 0 Å². The molecule has 0 unspecified atom stereocenters. The Labute approximate surface area is 194 Å². The first kappa shape index (κ1) is 21.0. The second-order valence-corrected chi connectivity index (χ2v) is 8.95. The maximum atomic E-state index is 13.4. The number of ketones is 1. The molecule has 0 saturated heterocycles. The minimum absolute atomic E-state index is 0.0833. The van der Waals surface area contributed by atoms with E-state index in [-0.39, 0.29) is 11.3 Å². The third-order valence-corrected chi connectivity index (χ3v) is 6.81. The highest BCUT2D eigenvalue weighted by atomic mass is 32.1. The van der Waals surface area contributed by atoms with Gasteiger partial charge in [0.05, 0.1) is 24.0 Å². The van der Waals surface area contributed by atoms with Crippen LogP contribution in [0.2, 0.25) is 0 Å². The van der Waals surface area contributed by atoms with Crippen LogP contribution in [0.15, 0.2) is 59.7 Å². The topological polar surface area (TPSA) is 74.1 Å². The molecule has 0 fully saturated rings.